The lowest BCUT2D eigenvalue weighted by Crippen LogP contribution is -2.47. The molecule has 2 rings (SSSR count). The van der Waals surface area contributed by atoms with Crippen molar-refractivity contribution >= 4 is 5.91 Å². The Kier molecular flexibility index (Phi) is 4.33. The van der Waals surface area contributed by atoms with Crippen LogP contribution in [0, 0.1) is 0 Å². The molecular weight excluding hydrogens is 228 g/mol. The standard InChI is InChI=1S/C14H20N2O2/c1-11(12-6-3-2-4-7-12)16-9-5-8-15-14(18)13(16)10-17/h2-4,6-7,11,13,17H,5,8-10H2,1H3,(H,15,18). The summed E-state index contributed by atoms with van der Waals surface area (Å²) in [6.45, 7) is 3.45. The van der Waals surface area contributed by atoms with Crippen LogP contribution >= 0.6 is 0 Å². The van der Waals surface area contributed by atoms with Crippen LogP contribution in [0.2, 0.25) is 0 Å². The average molecular weight is 248 g/mol. The summed E-state index contributed by atoms with van der Waals surface area (Å²) in [4.78, 5) is 14.0. The lowest BCUT2D eigenvalue weighted by molar-refractivity contribution is -0.127. The topological polar surface area (TPSA) is 52.6 Å². The van der Waals surface area contributed by atoms with Gasteiger partial charge < -0.3 is 10.4 Å². The predicted octanol–water partition coefficient (Wildman–Crippen LogP) is 0.930. The molecule has 1 saturated heterocycles. The van der Waals surface area contributed by atoms with Crippen LogP contribution in [0.4, 0.5) is 0 Å². The van der Waals surface area contributed by atoms with E-state index in [1.165, 1.54) is 5.56 Å². The fourth-order valence-corrected chi connectivity index (χ4v) is 2.47. The van der Waals surface area contributed by atoms with Gasteiger partial charge in [-0.1, -0.05) is 30.3 Å². The highest BCUT2D eigenvalue weighted by atomic mass is 16.3. The van der Waals surface area contributed by atoms with Gasteiger partial charge in [-0.2, -0.15) is 0 Å². The molecule has 1 fully saturated rings. The van der Waals surface area contributed by atoms with Crippen molar-refractivity contribution in [3.8, 4) is 0 Å². The predicted molar refractivity (Wildman–Crippen MR) is 70.1 cm³/mol. The quantitative estimate of drug-likeness (QED) is 0.836. The summed E-state index contributed by atoms with van der Waals surface area (Å²) in [5.41, 5.74) is 1.17. The van der Waals surface area contributed by atoms with Crippen molar-refractivity contribution in [2.75, 3.05) is 19.7 Å². The molecule has 98 valence electrons. The number of rotatable bonds is 3. The zero-order valence-corrected chi connectivity index (χ0v) is 10.7. The molecule has 18 heavy (non-hydrogen) atoms. The Morgan fingerprint density at radius 1 is 1.44 bits per heavy atom. The molecule has 0 saturated carbocycles. The Labute approximate surface area is 108 Å². The molecule has 1 aliphatic rings. The van der Waals surface area contributed by atoms with E-state index >= 15 is 0 Å². The van der Waals surface area contributed by atoms with Crippen LogP contribution in [0.5, 0.6) is 0 Å². The number of aliphatic hydroxyl groups is 1. The Bertz CT molecular complexity index is 394. The molecule has 1 aromatic rings. The molecule has 1 aromatic carbocycles. The van der Waals surface area contributed by atoms with Gasteiger partial charge >= 0.3 is 0 Å². The Morgan fingerprint density at radius 3 is 2.83 bits per heavy atom. The van der Waals surface area contributed by atoms with Gasteiger partial charge in [-0.3, -0.25) is 9.69 Å². The van der Waals surface area contributed by atoms with Crippen LogP contribution in [-0.4, -0.2) is 41.7 Å². The van der Waals surface area contributed by atoms with Gasteiger partial charge in [0.25, 0.3) is 0 Å². The maximum atomic E-state index is 11.9. The smallest absolute Gasteiger partial charge is 0.239 e. The first-order valence-corrected chi connectivity index (χ1v) is 6.43. The number of nitrogens with zero attached hydrogens (tertiary/aromatic N) is 1. The summed E-state index contributed by atoms with van der Waals surface area (Å²) >= 11 is 0. The summed E-state index contributed by atoms with van der Waals surface area (Å²) in [6, 6.07) is 9.78. The number of hydrogen-bond acceptors (Lipinski definition) is 3. The molecule has 0 spiro atoms. The van der Waals surface area contributed by atoms with Gasteiger partial charge in [-0.15, -0.1) is 0 Å². The molecule has 0 aliphatic carbocycles. The van der Waals surface area contributed by atoms with Crippen molar-refractivity contribution in [2.24, 2.45) is 0 Å². The minimum atomic E-state index is -0.442. The molecule has 2 unspecified atom stereocenters. The van der Waals surface area contributed by atoms with Crippen LogP contribution in [0.3, 0.4) is 0 Å². The van der Waals surface area contributed by atoms with Gasteiger partial charge in [0.1, 0.15) is 6.04 Å². The highest BCUT2D eigenvalue weighted by Crippen LogP contribution is 2.23. The van der Waals surface area contributed by atoms with E-state index in [1.54, 1.807) is 0 Å². The second-order valence-corrected chi connectivity index (χ2v) is 4.67. The summed E-state index contributed by atoms with van der Waals surface area (Å²) in [6.07, 6.45) is 0.916. The third-order valence-corrected chi connectivity index (χ3v) is 3.55. The van der Waals surface area contributed by atoms with E-state index in [0.29, 0.717) is 6.54 Å². The molecule has 4 nitrogen and oxygen atoms in total. The maximum Gasteiger partial charge on any atom is 0.239 e. The van der Waals surface area contributed by atoms with Crippen molar-refractivity contribution in [3.63, 3.8) is 0 Å². The first-order chi connectivity index (χ1) is 8.74. The van der Waals surface area contributed by atoms with Gasteiger partial charge in [-0.05, 0) is 18.9 Å². The summed E-state index contributed by atoms with van der Waals surface area (Å²) in [5.74, 6) is -0.0715. The number of amides is 1. The van der Waals surface area contributed by atoms with Crippen molar-refractivity contribution in [2.45, 2.75) is 25.4 Å². The number of nitrogens with one attached hydrogen (secondary N) is 1. The fraction of sp³-hybridized carbons (Fsp3) is 0.500. The van der Waals surface area contributed by atoms with E-state index in [-0.39, 0.29) is 18.6 Å². The summed E-state index contributed by atoms with van der Waals surface area (Å²) in [5, 5.41) is 12.3. The molecular formula is C14H20N2O2. The van der Waals surface area contributed by atoms with Crippen LogP contribution in [0.1, 0.15) is 24.9 Å². The van der Waals surface area contributed by atoms with Crippen LogP contribution in [0.25, 0.3) is 0 Å². The first-order valence-electron chi connectivity index (χ1n) is 6.43. The minimum absolute atomic E-state index is 0.0715. The van der Waals surface area contributed by atoms with Crippen LogP contribution in [-0.2, 0) is 4.79 Å². The van der Waals surface area contributed by atoms with E-state index in [4.69, 9.17) is 0 Å². The Hall–Kier alpha value is -1.39. The molecule has 0 radical (unpaired) electrons. The monoisotopic (exact) mass is 248 g/mol. The maximum absolute atomic E-state index is 11.9. The number of carbonyl (C=O) groups excluding carboxylic acids is 1. The average Bonchev–Trinajstić information content (AvgIpc) is 2.60. The molecule has 1 amide bonds. The van der Waals surface area contributed by atoms with Crippen molar-refractivity contribution in [3.05, 3.63) is 35.9 Å². The second kappa shape index (κ2) is 5.98. The zero-order valence-electron chi connectivity index (χ0n) is 10.7. The van der Waals surface area contributed by atoms with Gasteiger partial charge in [0.2, 0.25) is 5.91 Å². The highest BCUT2D eigenvalue weighted by molar-refractivity contribution is 5.82. The van der Waals surface area contributed by atoms with Crippen molar-refractivity contribution < 1.29 is 9.90 Å². The fourth-order valence-electron chi connectivity index (χ4n) is 2.47. The molecule has 2 atom stereocenters. The van der Waals surface area contributed by atoms with E-state index in [1.807, 2.05) is 18.2 Å². The van der Waals surface area contributed by atoms with Crippen molar-refractivity contribution in [1.29, 1.82) is 0 Å². The number of carbonyl (C=O) groups is 1. The lowest BCUT2D eigenvalue weighted by Gasteiger charge is -2.32. The van der Waals surface area contributed by atoms with Crippen LogP contribution < -0.4 is 5.32 Å². The molecule has 0 aromatic heterocycles. The molecule has 4 heteroatoms. The van der Waals surface area contributed by atoms with Crippen molar-refractivity contribution in [1.82, 2.24) is 10.2 Å². The second-order valence-electron chi connectivity index (χ2n) is 4.67. The highest BCUT2D eigenvalue weighted by Gasteiger charge is 2.31. The third kappa shape index (κ3) is 2.71. The zero-order chi connectivity index (χ0) is 13.0. The molecule has 0 bridgehead atoms. The van der Waals surface area contributed by atoms with Gasteiger partial charge in [0, 0.05) is 19.1 Å². The summed E-state index contributed by atoms with van der Waals surface area (Å²) < 4.78 is 0. The lowest BCUT2D eigenvalue weighted by atomic mass is 10.0. The van der Waals surface area contributed by atoms with Gasteiger partial charge in [-0.25, -0.2) is 0 Å². The molecule has 1 heterocycles. The minimum Gasteiger partial charge on any atom is -0.394 e. The molecule has 1 aliphatic heterocycles. The Balaban J connectivity index is 2.20. The van der Waals surface area contributed by atoms with Gasteiger partial charge in [0.15, 0.2) is 0 Å². The third-order valence-electron chi connectivity index (χ3n) is 3.55. The molecule has 2 N–H and O–H groups in total. The van der Waals surface area contributed by atoms with E-state index in [2.05, 4.69) is 29.3 Å². The number of benzene rings is 1. The van der Waals surface area contributed by atoms with Crippen LogP contribution in [0.15, 0.2) is 30.3 Å². The van der Waals surface area contributed by atoms with E-state index in [0.717, 1.165) is 13.0 Å². The first kappa shape index (κ1) is 13.1. The van der Waals surface area contributed by atoms with Gasteiger partial charge in [0.05, 0.1) is 6.61 Å². The Morgan fingerprint density at radius 2 is 2.17 bits per heavy atom. The SMILES string of the molecule is CC(c1ccccc1)N1CCCNC(=O)C1CO. The van der Waals surface area contributed by atoms with E-state index in [9.17, 15) is 9.90 Å². The normalized spacial score (nSPS) is 23.2. The summed E-state index contributed by atoms with van der Waals surface area (Å²) in [7, 11) is 0. The van der Waals surface area contributed by atoms with E-state index < -0.39 is 6.04 Å². The number of aliphatic hydroxyl groups excluding tert-OH is 1. The number of hydrogen-bond donors (Lipinski definition) is 2. The largest absolute Gasteiger partial charge is 0.394 e.